The third-order valence-corrected chi connectivity index (χ3v) is 12.3. The molecule has 3 aliphatic rings. The van der Waals surface area contributed by atoms with Crippen LogP contribution in [0.25, 0.3) is 0 Å². The van der Waals surface area contributed by atoms with Crippen LogP contribution in [0.4, 0.5) is 10.5 Å². The zero-order valence-electron chi connectivity index (χ0n) is 36.9. The molecule has 13 nitrogen and oxygen atoms in total. The van der Waals surface area contributed by atoms with Crippen LogP contribution < -0.4 is 15.0 Å². The fourth-order valence-corrected chi connectivity index (χ4v) is 9.66. The van der Waals surface area contributed by atoms with E-state index >= 15 is 14.4 Å². The number of fused-ring (bicyclic) bond motifs is 3. The van der Waals surface area contributed by atoms with Crippen LogP contribution in [0.2, 0.25) is 0 Å². The number of imide groups is 1. The maximum absolute atomic E-state index is 16.2. The van der Waals surface area contributed by atoms with E-state index in [-0.39, 0.29) is 38.7 Å². The number of amides is 3. The summed E-state index contributed by atoms with van der Waals surface area (Å²) in [5, 5.41) is 12.5. The average molecular weight is 889 g/mol. The molecule has 2 N–H and O–H groups in total. The Labute approximate surface area is 384 Å². The van der Waals surface area contributed by atoms with Gasteiger partial charge in [0.1, 0.15) is 36.5 Å². The molecular weight excluding hydrogens is 837 g/mol. The molecular formula is C53H52N4O9. The van der Waals surface area contributed by atoms with Gasteiger partial charge in [-0.15, -0.1) is 6.58 Å². The molecule has 6 atom stereocenters. The molecule has 2 saturated heterocycles. The Morgan fingerprint density at radius 3 is 2.21 bits per heavy atom. The molecule has 5 aromatic rings. The second-order valence-electron chi connectivity index (χ2n) is 16.4. The van der Waals surface area contributed by atoms with E-state index in [1.54, 1.807) is 42.5 Å². The lowest BCUT2D eigenvalue weighted by atomic mass is 9.65. The minimum Gasteiger partial charge on any atom is -0.491 e. The van der Waals surface area contributed by atoms with Crippen molar-refractivity contribution in [3.63, 3.8) is 0 Å². The Kier molecular flexibility index (Phi) is 14.1. The highest BCUT2D eigenvalue weighted by molar-refractivity contribution is 6.23. The maximum atomic E-state index is 16.2. The fourth-order valence-electron chi connectivity index (χ4n) is 9.66. The molecule has 0 aliphatic carbocycles. The van der Waals surface area contributed by atoms with Crippen LogP contribution in [-0.2, 0) is 40.6 Å². The van der Waals surface area contributed by atoms with E-state index in [1.807, 2.05) is 90.8 Å². The minimum atomic E-state index is -1.99. The maximum Gasteiger partial charge on any atom is 0.421 e. The smallest absolute Gasteiger partial charge is 0.421 e. The van der Waals surface area contributed by atoms with E-state index in [0.29, 0.717) is 41.1 Å². The summed E-state index contributed by atoms with van der Waals surface area (Å²) in [7, 11) is 3.44. The first-order valence-corrected chi connectivity index (χ1v) is 21.9. The molecule has 0 saturated carbocycles. The number of esters is 1. The summed E-state index contributed by atoms with van der Waals surface area (Å²) in [6, 6.07) is 37.9. The lowest BCUT2D eigenvalue weighted by Crippen LogP contribution is -2.55. The number of hydrogen-bond donors (Lipinski definition) is 2. The van der Waals surface area contributed by atoms with Crippen molar-refractivity contribution < 1.29 is 43.2 Å². The van der Waals surface area contributed by atoms with Gasteiger partial charge in [0.05, 0.1) is 43.4 Å². The number of carbonyl (C=O) groups is 4. The molecule has 3 heterocycles. The fraction of sp³-hybridized carbons (Fsp3) is 0.283. The van der Waals surface area contributed by atoms with Gasteiger partial charge in [-0.3, -0.25) is 24.2 Å². The highest BCUT2D eigenvalue weighted by Crippen LogP contribution is 2.66. The van der Waals surface area contributed by atoms with Gasteiger partial charge in [0.15, 0.2) is 0 Å². The predicted octanol–water partition coefficient (Wildman–Crippen LogP) is 6.29. The first-order chi connectivity index (χ1) is 32.2. The van der Waals surface area contributed by atoms with Crippen molar-refractivity contribution in [3.05, 3.63) is 179 Å². The number of methoxy groups -OCH3 is 1. The van der Waals surface area contributed by atoms with Gasteiger partial charge in [-0.25, -0.2) is 9.69 Å². The van der Waals surface area contributed by atoms with Gasteiger partial charge in [0.2, 0.25) is 11.8 Å². The number of carbonyl (C=O) groups excluding carboxylic acids is 4. The monoisotopic (exact) mass is 888 g/mol. The van der Waals surface area contributed by atoms with Gasteiger partial charge >= 0.3 is 12.1 Å². The van der Waals surface area contributed by atoms with Crippen molar-refractivity contribution in [2.45, 2.75) is 36.2 Å². The number of nitrogens with one attached hydrogen (secondary N) is 1. The van der Waals surface area contributed by atoms with Crippen molar-refractivity contribution in [1.82, 2.24) is 15.1 Å². The van der Waals surface area contributed by atoms with Crippen molar-refractivity contribution in [3.8, 4) is 17.6 Å². The number of aliphatic hydroxyl groups excluding tert-OH is 1. The summed E-state index contributed by atoms with van der Waals surface area (Å²) < 4.78 is 23.1. The summed E-state index contributed by atoms with van der Waals surface area (Å²) in [4.78, 5) is 66.0. The molecule has 2 fully saturated rings. The molecule has 1 spiro atoms. The lowest BCUT2D eigenvalue weighted by Gasteiger charge is -2.46. The Hall–Kier alpha value is -7.08. The van der Waals surface area contributed by atoms with Gasteiger partial charge in [0.25, 0.3) is 0 Å². The number of cyclic esters (lactones) is 1. The molecule has 3 amide bonds. The summed E-state index contributed by atoms with van der Waals surface area (Å²) >= 11 is 0. The summed E-state index contributed by atoms with van der Waals surface area (Å²) in [5.74, 6) is 3.43. The zero-order chi connectivity index (χ0) is 46.2. The summed E-state index contributed by atoms with van der Waals surface area (Å²) in [6.07, 6.45) is -0.346. The standard InChI is InChI=1S/C53H52N4O9/c1-4-28-54-49(59)44-46-50(60)66-47(39-20-12-7-13-21-39)45(38-18-10-6-11-19-38)57(46)48(40-23-25-41(26-24-40)64-31-30-58)53(44)42-34-36(17-14-29-55(2)35-37-15-8-5-9-16-37)22-27-43(42)56(51(53)61)52(62)65-33-32-63-3/h4-13,15-16,18-27,34,44-48,58H,1,28-33,35H2,2-3H3,(H,54,59). The van der Waals surface area contributed by atoms with E-state index < -0.39 is 59.4 Å². The first-order valence-electron chi connectivity index (χ1n) is 21.9. The summed E-state index contributed by atoms with van der Waals surface area (Å²) in [6.45, 7) is 4.68. The Bertz CT molecular complexity index is 2600. The molecule has 66 heavy (non-hydrogen) atoms. The van der Waals surface area contributed by atoms with Gasteiger partial charge in [-0.05, 0) is 65.2 Å². The zero-order valence-corrected chi connectivity index (χ0v) is 36.9. The predicted molar refractivity (Wildman–Crippen MR) is 247 cm³/mol. The van der Waals surface area contributed by atoms with Crippen molar-refractivity contribution in [1.29, 1.82) is 0 Å². The highest BCUT2D eigenvalue weighted by atomic mass is 16.6. The topological polar surface area (TPSA) is 147 Å². The number of hydrogen-bond acceptors (Lipinski definition) is 11. The van der Waals surface area contributed by atoms with Crippen LogP contribution in [0, 0.1) is 17.8 Å². The average Bonchev–Trinajstić information content (AvgIpc) is 3.80. The third kappa shape index (κ3) is 8.71. The van der Waals surface area contributed by atoms with Crippen molar-refractivity contribution in [2.75, 3.05) is 58.6 Å². The number of ether oxygens (including phenoxy) is 4. The Morgan fingerprint density at radius 2 is 1.55 bits per heavy atom. The molecule has 6 unspecified atom stereocenters. The van der Waals surface area contributed by atoms with Gasteiger partial charge in [0, 0.05) is 25.8 Å². The number of morpholine rings is 1. The summed E-state index contributed by atoms with van der Waals surface area (Å²) in [5.41, 5.74) is 2.19. The molecule has 338 valence electrons. The lowest BCUT2D eigenvalue weighted by molar-refractivity contribution is -0.178. The molecule has 8 rings (SSSR count). The van der Waals surface area contributed by atoms with Gasteiger partial charge < -0.3 is 29.4 Å². The van der Waals surface area contributed by atoms with Crippen LogP contribution >= 0.6 is 0 Å². The number of aliphatic hydroxyl groups is 1. The van der Waals surface area contributed by atoms with Crippen molar-refractivity contribution >= 4 is 29.6 Å². The molecule has 0 aromatic heterocycles. The Morgan fingerprint density at radius 1 is 0.864 bits per heavy atom. The second kappa shape index (κ2) is 20.4. The highest BCUT2D eigenvalue weighted by Gasteiger charge is 2.75. The molecule has 13 heteroatoms. The number of benzene rings is 5. The number of rotatable bonds is 15. The van der Waals surface area contributed by atoms with E-state index in [0.717, 1.165) is 16.0 Å². The van der Waals surface area contributed by atoms with Crippen LogP contribution in [0.15, 0.2) is 146 Å². The van der Waals surface area contributed by atoms with Crippen LogP contribution in [0.3, 0.4) is 0 Å². The normalized spacial score (nSPS) is 21.9. The van der Waals surface area contributed by atoms with E-state index in [9.17, 15) is 9.90 Å². The van der Waals surface area contributed by atoms with E-state index in [1.165, 1.54) is 13.2 Å². The SMILES string of the molecule is C=CCNC(=O)C1C2C(=O)OC(c3ccccc3)C(c3ccccc3)N2C(c2ccc(OCCO)cc2)C12C(=O)N(C(=O)OCCOC)c1ccc(C#CCN(C)Cc3ccccc3)cc12. The van der Waals surface area contributed by atoms with Crippen LogP contribution in [-0.4, -0.2) is 98.5 Å². The van der Waals surface area contributed by atoms with Gasteiger partial charge in [-0.1, -0.05) is 121 Å². The largest absolute Gasteiger partial charge is 0.491 e. The Balaban J connectivity index is 1.38. The molecule has 5 aromatic carbocycles. The van der Waals surface area contributed by atoms with E-state index in [2.05, 4.69) is 40.8 Å². The van der Waals surface area contributed by atoms with Crippen LogP contribution in [0.1, 0.15) is 51.6 Å². The number of nitrogens with zero attached hydrogens (tertiary/aromatic N) is 3. The third-order valence-electron chi connectivity index (χ3n) is 12.3. The van der Waals surface area contributed by atoms with Gasteiger partial charge in [-0.2, -0.15) is 0 Å². The molecule has 0 radical (unpaired) electrons. The molecule has 0 bridgehead atoms. The van der Waals surface area contributed by atoms with Crippen molar-refractivity contribution in [2.24, 2.45) is 5.92 Å². The van der Waals surface area contributed by atoms with E-state index in [4.69, 9.17) is 18.9 Å². The first kappa shape index (κ1) is 45.5. The second-order valence-corrected chi connectivity index (χ2v) is 16.4. The quantitative estimate of drug-likeness (QED) is 0.0529. The minimum absolute atomic E-state index is 0.0231. The number of anilines is 1. The molecule has 3 aliphatic heterocycles. The van der Waals surface area contributed by atoms with Crippen LogP contribution in [0.5, 0.6) is 5.75 Å².